The maximum Gasteiger partial charge on any atom is 0.0602 e. The van der Waals surface area contributed by atoms with E-state index in [2.05, 4.69) is 10.4 Å². The van der Waals surface area contributed by atoms with E-state index >= 15 is 0 Å². The van der Waals surface area contributed by atoms with Gasteiger partial charge in [0, 0.05) is 12.7 Å². The lowest BCUT2D eigenvalue weighted by Crippen LogP contribution is -2.41. The number of fused-ring (bicyclic) bond motifs is 1. The van der Waals surface area contributed by atoms with Crippen molar-refractivity contribution in [2.24, 2.45) is 0 Å². The van der Waals surface area contributed by atoms with Crippen LogP contribution in [0.1, 0.15) is 5.69 Å². The van der Waals surface area contributed by atoms with Gasteiger partial charge in [-0.1, -0.05) is 0 Å². The molecule has 1 aliphatic rings. The topological polar surface area (TPSA) is 50.1 Å². The van der Waals surface area contributed by atoms with Crippen LogP contribution >= 0.6 is 0 Å². The van der Waals surface area contributed by atoms with Gasteiger partial charge in [0.2, 0.25) is 0 Å². The minimum atomic E-state index is 0.169. The summed E-state index contributed by atoms with van der Waals surface area (Å²) in [6.07, 6.45) is 1.79. The highest BCUT2D eigenvalue weighted by molar-refractivity contribution is 5.03. The Labute approximate surface area is 64.8 Å². The first-order valence-electron chi connectivity index (χ1n) is 3.75. The molecule has 1 aromatic heterocycles. The van der Waals surface area contributed by atoms with Gasteiger partial charge in [-0.2, -0.15) is 5.10 Å². The van der Waals surface area contributed by atoms with Crippen molar-refractivity contribution < 1.29 is 5.11 Å². The number of hydrogen-bond acceptors (Lipinski definition) is 3. The van der Waals surface area contributed by atoms with E-state index in [1.54, 1.807) is 6.20 Å². The number of aliphatic hydroxyl groups is 1. The molecule has 0 fully saturated rings. The summed E-state index contributed by atoms with van der Waals surface area (Å²) < 4.78 is 1.93. The van der Waals surface area contributed by atoms with Crippen molar-refractivity contribution in [3.05, 3.63) is 18.0 Å². The molecule has 1 aromatic rings. The Balaban J connectivity index is 2.18. The van der Waals surface area contributed by atoms with Crippen LogP contribution in [0.5, 0.6) is 0 Å². The van der Waals surface area contributed by atoms with E-state index in [9.17, 15) is 0 Å². The van der Waals surface area contributed by atoms with Crippen molar-refractivity contribution in [3.63, 3.8) is 0 Å². The molecule has 0 aromatic carbocycles. The molecule has 0 amide bonds. The molecule has 1 aliphatic heterocycles. The van der Waals surface area contributed by atoms with Crippen molar-refractivity contribution >= 4 is 0 Å². The minimum Gasteiger partial charge on any atom is -0.395 e. The first-order valence-corrected chi connectivity index (χ1v) is 3.75. The lowest BCUT2D eigenvalue weighted by molar-refractivity contribution is 0.210. The fourth-order valence-corrected chi connectivity index (χ4v) is 1.32. The Morgan fingerprint density at radius 2 is 2.73 bits per heavy atom. The van der Waals surface area contributed by atoms with Gasteiger partial charge in [-0.3, -0.25) is 4.68 Å². The summed E-state index contributed by atoms with van der Waals surface area (Å²) in [6.45, 7) is 1.77. The Hall–Kier alpha value is -0.870. The molecule has 1 unspecified atom stereocenters. The molecular weight excluding hydrogens is 142 g/mol. The Morgan fingerprint density at radius 3 is 3.55 bits per heavy atom. The zero-order chi connectivity index (χ0) is 7.68. The van der Waals surface area contributed by atoms with Crippen LogP contribution in [-0.2, 0) is 13.1 Å². The Bertz CT molecular complexity index is 246. The van der Waals surface area contributed by atoms with Crippen LogP contribution in [0, 0.1) is 0 Å². The van der Waals surface area contributed by atoms with E-state index < -0.39 is 0 Å². The van der Waals surface area contributed by atoms with E-state index in [-0.39, 0.29) is 12.6 Å². The van der Waals surface area contributed by atoms with Gasteiger partial charge in [-0.05, 0) is 6.07 Å². The lowest BCUT2D eigenvalue weighted by Gasteiger charge is -2.22. The second kappa shape index (κ2) is 2.64. The number of aliphatic hydroxyl groups excluding tert-OH is 1. The maximum absolute atomic E-state index is 8.85. The van der Waals surface area contributed by atoms with Crippen molar-refractivity contribution in [1.82, 2.24) is 15.1 Å². The second-order valence-electron chi connectivity index (χ2n) is 2.77. The van der Waals surface area contributed by atoms with Crippen LogP contribution in [0.4, 0.5) is 0 Å². The highest BCUT2D eigenvalue weighted by Gasteiger charge is 2.15. The van der Waals surface area contributed by atoms with Gasteiger partial charge in [0.05, 0.1) is 24.9 Å². The van der Waals surface area contributed by atoms with Gasteiger partial charge in [0.25, 0.3) is 0 Å². The Kier molecular flexibility index (Phi) is 1.63. The third-order valence-corrected chi connectivity index (χ3v) is 1.99. The van der Waals surface area contributed by atoms with Crippen molar-refractivity contribution in [2.75, 3.05) is 6.61 Å². The monoisotopic (exact) mass is 153 g/mol. The molecule has 4 heteroatoms. The minimum absolute atomic E-state index is 0.169. The molecule has 2 rings (SSSR count). The van der Waals surface area contributed by atoms with Crippen LogP contribution in [-0.4, -0.2) is 27.5 Å². The first-order chi connectivity index (χ1) is 5.40. The summed E-state index contributed by atoms with van der Waals surface area (Å²) in [5.41, 5.74) is 1.19. The molecule has 2 heterocycles. The van der Waals surface area contributed by atoms with Gasteiger partial charge in [0.15, 0.2) is 0 Å². The molecule has 0 saturated heterocycles. The number of aromatic nitrogens is 2. The zero-order valence-corrected chi connectivity index (χ0v) is 6.20. The van der Waals surface area contributed by atoms with E-state index in [0.717, 1.165) is 13.1 Å². The fourth-order valence-electron chi connectivity index (χ4n) is 1.32. The zero-order valence-electron chi connectivity index (χ0n) is 6.20. The van der Waals surface area contributed by atoms with Crippen LogP contribution in [0.3, 0.4) is 0 Å². The smallest absolute Gasteiger partial charge is 0.0602 e. The van der Waals surface area contributed by atoms with Crippen LogP contribution in [0.15, 0.2) is 12.3 Å². The largest absolute Gasteiger partial charge is 0.395 e. The average molecular weight is 153 g/mol. The van der Waals surface area contributed by atoms with Gasteiger partial charge in [-0.15, -0.1) is 0 Å². The summed E-state index contributed by atoms with van der Waals surface area (Å²) in [7, 11) is 0. The van der Waals surface area contributed by atoms with Gasteiger partial charge in [0.1, 0.15) is 0 Å². The molecule has 11 heavy (non-hydrogen) atoms. The predicted octanol–water partition coefficient (Wildman–Crippen LogP) is -0.653. The quantitative estimate of drug-likeness (QED) is 0.563. The van der Waals surface area contributed by atoms with Crippen LogP contribution in [0.2, 0.25) is 0 Å². The average Bonchev–Trinajstić information content (AvgIpc) is 2.50. The summed E-state index contributed by atoms with van der Waals surface area (Å²) in [5.74, 6) is 0. The molecule has 1 atom stereocenters. The normalized spacial score (nSPS) is 23.2. The third-order valence-electron chi connectivity index (χ3n) is 1.99. The second-order valence-corrected chi connectivity index (χ2v) is 2.77. The number of rotatable bonds is 1. The maximum atomic E-state index is 8.85. The van der Waals surface area contributed by atoms with Gasteiger partial charge in [-0.25, -0.2) is 0 Å². The standard InChI is InChI=1S/C7H11N3O/c11-5-6-4-10-7(3-8-6)1-2-9-10/h1-2,6,8,11H,3-5H2. The SMILES string of the molecule is OCC1Cn2nccc2CN1. The summed E-state index contributed by atoms with van der Waals surface area (Å²) in [5, 5.41) is 16.2. The van der Waals surface area contributed by atoms with Gasteiger partial charge < -0.3 is 10.4 Å². The van der Waals surface area contributed by atoms with Crippen LogP contribution < -0.4 is 5.32 Å². The summed E-state index contributed by atoms with van der Waals surface area (Å²) >= 11 is 0. The highest BCUT2D eigenvalue weighted by Crippen LogP contribution is 2.05. The molecular formula is C7H11N3O. The fraction of sp³-hybridized carbons (Fsp3) is 0.571. The first kappa shape index (κ1) is 6.82. The molecule has 0 bridgehead atoms. The molecule has 4 nitrogen and oxygen atoms in total. The van der Waals surface area contributed by atoms with Crippen LogP contribution in [0.25, 0.3) is 0 Å². The highest BCUT2D eigenvalue weighted by atomic mass is 16.3. The number of nitrogens with one attached hydrogen (secondary N) is 1. The summed E-state index contributed by atoms with van der Waals surface area (Å²) in [6, 6.07) is 2.16. The molecule has 0 saturated carbocycles. The molecule has 0 aliphatic carbocycles. The number of hydrogen-bond donors (Lipinski definition) is 2. The van der Waals surface area contributed by atoms with Gasteiger partial charge >= 0.3 is 0 Å². The summed E-state index contributed by atoms with van der Waals surface area (Å²) in [4.78, 5) is 0. The third kappa shape index (κ3) is 1.15. The Morgan fingerprint density at radius 1 is 1.82 bits per heavy atom. The lowest BCUT2D eigenvalue weighted by atomic mass is 10.2. The molecule has 60 valence electrons. The van der Waals surface area contributed by atoms with Crippen molar-refractivity contribution in [3.8, 4) is 0 Å². The van der Waals surface area contributed by atoms with E-state index in [1.165, 1.54) is 5.69 Å². The molecule has 0 radical (unpaired) electrons. The molecule has 2 N–H and O–H groups in total. The molecule has 0 spiro atoms. The van der Waals surface area contributed by atoms with Crippen molar-refractivity contribution in [1.29, 1.82) is 0 Å². The van der Waals surface area contributed by atoms with E-state index in [1.807, 2.05) is 10.7 Å². The number of nitrogens with zero attached hydrogens (tertiary/aromatic N) is 2. The van der Waals surface area contributed by atoms with Crippen molar-refractivity contribution in [2.45, 2.75) is 19.1 Å². The van der Waals surface area contributed by atoms with E-state index in [0.29, 0.717) is 0 Å². The predicted molar refractivity (Wildman–Crippen MR) is 39.9 cm³/mol. The van der Waals surface area contributed by atoms with E-state index in [4.69, 9.17) is 5.11 Å².